The van der Waals surface area contributed by atoms with E-state index in [1.54, 1.807) is 12.1 Å². The number of aromatic nitrogens is 5. The summed E-state index contributed by atoms with van der Waals surface area (Å²) in [7, 11) is 0. The van der Waals surface area contributed by atoms with E-state index in [0.717, 1.165) is 54.7 Å². The number of fused-ring (bicyclic) bond motifs is 9. The van der Waals surface area contributed by atoms with Gasteiger partial charge in [-0.05, 0) is 42.5 Å². The number of carbonyl (C=O) groups excluding carboxylic acids is 2. The maximum Gasteiger partial charge on any atom is 0.238 e. The number of ketones is 2. The van der Waals surface area contributed by atoms with Gasteiger partial charge in [0.05, 0.1) is 33.2 Å². The van der Waals surface area contributed by atoms with Crippen molar-refractivity contribution >= 4 is 55.2 Å². The van der Waals surface area contributed by atoms with Gasteiger partial charge in [0, 0.05) is 49.5 Å². The van der Waals surface area contributed by atoms with Crippen LogP contribution in [0.15, 0.2) is 152 Å². The van der Waals surface area contributed by atoms with Crippen LogP contribution in [0.3, 0.4) is 0 Å². The largest absolute Gasteiger partial charge is 0.507 e. The second kappa shape index (κ2) is 11.8. The number of para-hydroxylation sites is 2. The lowest BCUT2D eigenvalue weighted by Gasteiger charge is -2.20. The molecule has 11 rings (SSSR count). The normalized spacial score (nSPS) is 12.5. The number of hydrogen-bond acceptors (Lipinski definition) is 7. The summed E-state index contributed by atoms with van der Waals surface area (Å²) in [4.78, 5) is 43.1. The Kier molecular flexibility index (Phi) is 6.66. The molecule has 0 bridgehead atoms. The van der Waals surface area contributed by atoms with Crippen LogP contribution in [0.5, 0.6) is 11.5 Å². The maximum absolute atomic E-state index is 14.1. The average molecular weight is 726 g/mol. The Morgan fingerprint density at radius 2 is 0.911 bits per heavy atom. The first kappa shape index (κ1) is 31.6. The lowest BCUT2D eigenvalue weighted by molar-refractivity contribution is 0.0974. The van der Waals surface area contributed by atoms with E-state index in [4.69, 9.17) is 15.0 Å². The van der Waals surface area contributed by atoms with Crippen molar-refractivity contribution in [2.75, 3.05) is 0 Å². The number of nitrogens with zero attached hydrogens (tertiary/aromatic N) is 5. The Morgan fingerprint density at radius 3 is 1.48 bits per heavy atom. The standard InChI is InChI=1S/C47H27N5O4/c53-37-23-24-38(54)40-39(37)43(55)33-20-19-28(25-34(33)44(40)56)51-35-17-9-7-15-29(35)31-21-22-32-30-16-8-10-18-36(30)52(42(32)41(31)51)47-49-45(26-11-3-1-4-12-26)48-46(50-47)27-13-5-2-6-14-27/h1-25,53-54H. The summed E-state index contributed by atoms with van der Waals surface area (Å²) in [6.45, 7) is 0. The predicted octanol–water partition coefficient (Wildman–Crippen LogP) is 9.59. The maximum atomic E-state index is 14.1. The van der Waals surface area contributed by atoms with Gasteiger partial charge in [-0.2, -0.15) is 9.97 Å². The van der Waals surface area contributed by atoms with Crippen LogP contribution in [0.4, 0.5) is 0 Å². The average Bonchev–Trinajstić information content (AvgIpc) is 3.77. The summed E-state index contributed by atoms with van der Waals surface area (Å²) < 4.78 is 4.20. The second-order valence-corrected chi connectivity index (χ2v) is 13.8. The quantitative estimate of drug-likeness (QED) is 0.173. The molecular formula is C47H27N5O4. The van der Waals surface area contributed by atoms with Gasteiger partial charge in [-0.25, -0.2) is 4.98 Å². The van der Waals surface area contributed by atoms with Crippen LogP contribution in [0.25, 0.3) is 78.0 Å². The number of carbonyl (C=O) groups is 2. The minimum absolute atomic E-state index is 0.136. The van der Waals surface area contributed by atoms with Gasteiger partial charge in [-0.3, -0.25) is 14.2 Å². The fourth-order valence-corrected chi connectivity index (χ4v) is 8.24. The third-order valence-electron chi connectivity index (χ3n) is 10.7. The van der Waals surface area contributed by atoms with E-state index in [9.17, 15) is 19.8 Å². The van der Waals surface area contributed by atoms with Crippen LogP contribution in [0.2, 0.25) is 0 Å². The molecular weight excluding hydrogens is 699 g/mol. The van der Waals surface area contributed by atoms with Crippen LogP contribution >= 0.6 is 0 Å². The zero-order valence-corrected chi connectivity index (χ0v) is 29.4. The number of phenols is 2. The molecule has 0 spiro atoms. The second-order valence-electron chi connectivity index (χ2n) is 13.8. The monoisotopic (exact) mass is 725 g/mol. The molecule has 56 heavy (non-hydrogen) atoms. The SMILES string of the molecule is O=C1c2ccc(-n3c4ccccc4c4ccc5c6ccccc6n(-c6nc(-c7ccccc7)nc(-c7ccccc7)n6)c5c43)cc2C(=O)c2c(O)ccc(O)c21. The molecule has 0 aliphatic heterocycles. The number of hydrogen-bond donors (Lipinski definition) is 2. The smallest absolute Gasteiger partial charge is 0.238 e. The molecule has 0 saturated heterocycles. The molecule has 10 aromatic rings. The molecule has 3 aromatic heterocycles. The summed E-state index contributed by atoms with van der Waals surface area (Å²) in [6.07, 6.45) is 0. The van der Waals surface area contributed by atoms with E-state index in [1.165, 1.54) is 12.1 Å². The molecule has 9 nitrogen and oxygen atoms in total. The molecule has 2 N–H and O–H groups in total. The first-order chi connectivity index (χ1) is 27.5. The van der Waals surface area contributed by atoms with Crippen LogP contribution in [-0.4, -0.2) is 45.9 Å². The van der Waals surface area contributed by atoms with Crippen LogP contribution < -0.4 is 0 Å². The number of phenolic OH excluding ortho intramolecular Hbond substituents is 2. The van der Waals surface area contributed by atoms with E-state index >= 15 is 0 Å². The van der Waals surface area contributed by atoms with Gasteiger partial charge in [0.15, 0.2) is 23.2 Å². The predicted molar refractivity (Wildman–Crippen MR) is 216 cm³/mol. The lowest BCUT2D eigenvalue weighted by atomic mass is 9.83. The summed E-state index contributed by atoms with van der Waals surface area (Å²) in [5, 5.41) is 25.2. The fourth-order valence-electron chi connectivity index (χ4n) is 8.24. The highest BCUT2D eigenvalue weighted by atomic mass is 16.3. The Balaban J connectivity index is 1.25. The lowest BCUT2D eigenvalue weighted by Crippen LogP contribution is -2.21. The third-order valence-corrected chi connectivity index (χ3v) is 10.7. The van der Waals surface area contributed by atoms with E-state index in [1.807, 2.05) is 97.1 Å². The Bertz CT molecular complexity index is 3260. The molecule has 1 aliphatic carbocycles. The molecule has 1 aliphatic rings. The van der Waals surface area contributed by atoms with Crippen LogP contribution in [0, 0.1) is 0 Å². The van der Waals surface area contributed by atoms with Crippen molar-refractivity contribution in [1.82, 2.24) is 24.1 Å². The molecule has 3 heterocycles. The molecule has 264 valence electrons. The van der Waals surface area contributed by atoms with Gasteiger partial charge in [0.2, 0.25) is 5.95 Å². The number of rotatable bonds is 4. The van der Waals surface area contributed by atoms with Gasteiger partial charge >= 0.3 is 0 Å². The Hall–Kier alpha value is -7.91. The molecule has 0 radical (unpaired) electrons. The highest BCUT2D eigenvalue weighted by molar-refractivity contribution is 6.30. The summed E-state index contributed by atoms with van der Waals surface area (Å²) in [5.41, 5.74) is 5.69. The fraction of sp³-hybridized carbons (Fsp3) is 0. The highest BCUT2D eigenvalue weighted by Crippen LogP contribution is 2.43. The highest BCUT2D eigenvalue weighted by Gasteiger charge is 2.35. The molecule has 7 aromatic carbocycles. The molecule has 0 unspecified atom stereocenters. The van der Waals surface area contributed by atoms with Gasteiger partial charge in [-0.1, -0.05) is 109 Å². The third kappa shape index (κ3) is 4.45. The summed E-state index contributed by atoms with van der Waals surface area (Å²) >= 11 is 0. The molecule has 0 atom stereocenters. The molecule has 0 fully saturated rings. The number of benzene rings is 7. The van der Waals surface area contributed by atoms with Crippen molar-refractivity contribution in [1.29, 1.82) is 0 Å². The van der Waals surface area contributed by atoms with E-state index in [-0.39, 0.29) is 33.8 Å². The van der Waals surface area contributed by atoms with Crippen molar-refractivity contribution in [2.45, 2.75) is 0 Å². The minimum Gasteiger partial charge on any atom is -0.507 e. The van der Waals surface area contributed by atoms with E-state index in [2.05, 4.69) is 39.5 Å². The zero-order valence-electron chi connectivity index (χ0n) is 29.4. The molecule has 9 heteroatoms. The molecule has 0 saturated carbocycles. The van der Waals surface area contributed by atoms with Crippen molar-refractivity contribution in [3.8, 4) is 45.9 Å². The Morgan fingerprint density at radius 1 is 0.429 bits per heavy atom. The topological polar surface area (TPSA) is 123 Å². The van der Waals surface area contributed by atoms with E-state index < -0.39 is 11.6 Å². The van der Waals surface area contributed by atoms with E-state index in [0.29, 0.717) is 23.3 Å². The van der Waals surface area contributed by atoms with Gasteiger partial charge in [0.25, 0.3) is 0 Å². The van der Waals surface area contributed by atoms with Crippen LogP contribution in [0.1, 0.15) is 31.8 Å². The van der Waals surface area contributed by atoms with Crippen molar-refractivity contribution in [3.63, 3.8) is 0 Å². The van der Waals surface area contributed by atoms with Crippen LogP contribution in [-0.2, 0) is 0 Å². The van der Waals surface area contributed by atoms with Gasteiger partial charge in [-0.15, -0.1) is 0 Å². The molecule has 0 amide bonds. The van der Waals surface area contributed by atoms with Gasteiger partial charge in [0.1, 0.15) is 11.5 Å². The minimum atomic E-state index is -0.544. The first-order valence-corrected chi connectivity index (χ1v) is 18.1. The van der Waals surface area contributed by atoms with Crippen molar-refractivity contribution in [3.05, 3.63) is 174 Å². The van der Waals surface area contributed by atoms with Gasteiger partial charge < -0.3 is 14.8 Å². The summed E-state index contributed by atoms with van der Waals surface area (Å²) in [6, 6.07) is 47.8. The van der Waals surface area contributed by atoms with Crippen molar-refractivity contribution < 1.29 is 19.8 Å². The zero-order chi connectivity index (χ0) is 37.7. The van der Waals surface area contributed by atoms with Crippen molar-refractivity contribution in [2.24, 2.45) is 0 Å². The first-order valence-electron chi connectivity index (χ1n) is 18.1. The Labute approximate surface area is 318 Å². The number of aromatic hydroxyl groups is 2. The summed E-state index contributed by atoms with van der Waals surface area (Å²) in [5.74, 6) is -0.299.